The summed E-state index contributed by atoms with van der Waals surface area (Å²) in [6.45, 7) is 5.19. The molecule has 0 bridgehead atoms. The molecule has 1 heterocycles. The summed E-state index contributed by atoms with van der Waals surface area (Å²) in [5.74, 6) is 2.57. The number of benzene rings is 1. The van der Waals surface area contributed by atoms with Crippen molar-refractivity contribution >= 4 is 22.7 Å². The molecule has 0 spiro atoms. The number of anilines is 2. The van der Waals surface area contributed by atoms with Crippen molar-refractivity contribution in [3.05, 3.63) is 24.3 Å². The van der Waals surface area contributed by atoms with E-state index in [4.69, 9.17) is 4.98 Å². The fraction of sp³-hybridized carbons (Fsp3) is 0.500. The van der Waals surface area contributed by atoms with Crippen LogP contribution < -0.4 is 10.2 Å². The Morgan fingerprint density at radius 3 is 2.75 bits per heavy atom. The summed E-state index contributed by atoms with van der Waals surface area (Å²) in [6.07, 6.45) is 2.68. The molecule has 1 atom stereocenters. The van der Waals surface area contributed by atoms with Crippen molar-refractivity contribution in [3.8, 4) is 0 Å². The molecule has 1 aromatic heterocycles. The molecule has 0 amide bonds. The number of fused-ring (bicyclic) bond motifs is 1. The lowest BCUT2D eigenvalue weighted by molar-refractivity contribution is 0.605. The van der Waals surface area contributed by atoms with E-state index in [1.807, 2.05) is 6.07 Å². The molecule has 106 valence electrons. The zero-order valence-electron chi connectivity index (χ0n) is 12.4. The highest BCUT2D eigenvalue weighted by molar-refractivity contribution is 5.90. The lowest BCUT2D eigenvalue weighted by Crippen LogP contribution is -2.31. The van der Waals surface area contributed by atoms with Crippen LogP contribution in [0.3, 0.4) is 0 Å². The lowest BCUT2D eigenvalue weighted by Gasteiger charge is -2.27. The third-order valence-electron chi connectivity index (χ3n) is 4.17. The maximum atomic E-state index is 4.73. The zero-order valence-corrected chi connectivity index (χ0v) is 12.4. The first-order valence-electron chi connectivity index (χ1n) is 7.44. The number of hydrogen-bond donors (Lipinski definition) is 1. The van der Waals surface area contributed by atoms with Crippen LogP contribution in [0.2, 0.25) is 0 Å². The number of para-hydroxylation sites is 1. The second-order valence-electron chi connectivity index (χ2n) is 5.61. The second kappa shape index (κ2) is 5.27. The topological polar surface area (TPSA) is 41.1 Å². The summed E-state index contributed by atoms with van der Waals surface area (Å²) < 4.78 is 0. The van der Waals surface area contributed by atoms with Crippen LogP contribution >= 0.6 is 0 Å². The molecule has 2 aromatic rings. The molecule has 0 aliphatic heterocycles. The van der Waals surface area contributed by atoms with E-state index in [9.17, 15) is 0 Å². The van der Waals surface area contributed by atoms with Crippen molar-refractivity contribution in [2.75, 3.05) is 23.8 Å². The first-order chi connectivity index (χ1) is 9.70. The minimum atomic E-state index is 0.530. The molecular formula is C16H22N4. The van der Waals surface area contributed by atoms with Gasteiger partial charge in [-0.3, -0.25) is 0 Å². The smallest absolute Gasteiger partial charge is 0.225 e. The number of rotatable bonds is 5. The molecule has 0 radical (unpaired) electrons. The number of hydrogen-bond acceptors (Lipinski definition) is 4. The Morgan fingerprint density at radius 1 is 1.30 bits per heavy atom. The average molecular weight is 270 g/mol. The summed E-state index contributed by atoms with van der Waals surface area (Å²) >= 11 is 0. The van der Waals surface area contributed by atoms with E-state index in [0.717, 1.165) is 35.1 Å². The summed E-state index contributed by atoms with van der Waals surface area (Å²) in [5.41, 5.74) is 1.00. The average Bonchev–Trinajstić information content (AvgIpc) is 3.30. The van der Waals surface area contributed by atoms with Crippen molar-refractivity contribution in [1.29, 1.82) is 0 Å². The monoisotopic (exact) mass is 270 g/mol. The molecule has 1 aliphatic rings. The Hall–Kier alpha value is -1.84. The predicted molar refractivity (Wildman–Crippen MR) is 84.3 cm³/mol. The minimum absolute atomic E-state index is 0.530. The van der Waals surface area contributed by atoms with Crippen molar-refractivity contribution < 1.29 is 0 Å². The van der Waals surface area contributed by atoms with E-state index in [1.54, 1.807) is 0 Å². The number of nitrogens with zero attached hydrogens (tertiary/aromatic N) is 3. The van der Waals surface area contributed by atoms with E-state index < -0.39 is 0 Å². The number of aromatic nitrogens is 2. The van der Waals surface area contributed by atoms with E-state index in [-0.39, 0.29) is 0 Å². The molecule has 3 rings (SSSR count). The van der Waals surface area contributed by atoms with Crippen LogP contribution in [-0.4, -0.2) is 29.6 Å². The predicted octanol–water partition coefficient (Wildman–Crippen LogP) is 3.30. The Morgan fingerprint density at radius 2 is 2.05 bits per heavy atom. The normalized spacial score (nSPS) is 16.1. The SMILES string of the molecule is CCNc1nc(N(C)C(C)C2CC2)c2ccccc2n1. The molecule has 4 nitrogen and oxygen atoms in total. The van der Waals surface area contributed by atoms with E-state index in [0.29, 0.717) is 6.04 Å². The number of nitrogens with one attached hydrogen (secondary N) is 1. The maximum absolute atomic E-state index is 4.73. The van der Waals surface area contributed by atoms with Gasteiger partial charge in [0.05, 0.1) is 5.52 Å². The lowest BCUT2D eigenvalue weighted by atomic mass is 10.1. The summed E-state index contributed by atoms with van der Waals surface area (Å²) in [5, 5.41) is 4.36. The van der Waals surface area contributed by atoms with Crippen LogP contribution in [0.1, 0.15) is 26.7 Å². The fourth-order valence-corrected chi connectivity index (χ4v) is 2.65. The quantitative estimate of drug-likeness (QED) is 0.905. The van der Waals surface area contributed by atoms with Crippen molar-refractivity contribution in [1.82, 2.24) is 9.97 Å². The maximum Gasteiger partial charge on any atom is 0.225 e. The van der Waals surface area contributed by atoms with Crippen molar-refractivity contribution in [2.45, 2.75) is 32.7 Å². The minimum Gasteiger partial charge on any atom is -0.356 e. The van der Waals surface area contributed by atoms with Gasteiger partial charge in [0.15, 0.2) is 0 Å². The van der Waals surface area contributed by atoms with Gasteiger partial charge < -0.3 is 10.2 Å². The standard InChI is InChI=1S/C16H22N4/c1-4-17-16-18-14-8-6-5-7-13(14)15(19-16)20(3)11(2)12-9-10-12/h5-8,11-12H,4,9-10H2,1-3H3,(H,17,18,19). The van der Waals surface area contributed by atoms with E-state index in [2.05, 4.69) is 54.3 Å². The highest BCUT2D eigenvalue weighted by Gasteiger charge is 2.31. The Balaban J connectivity index is 2.06. The van der Waals surface area contributed by atoms with Gasteiger partial charge in [0.25, 0.3) is 0 Å². The van der Waals surface area contributed by atoms with Gasteiger partial charge >= 0.3 is 0 Å². The molecular weight excluding hydrogens is 248 g/mol. The van der Waals surface area contributed by atoms with Gasteiger partial charge in [-0.25, -0.2) is 4.98 Å². The summed E-state index contributed by atoms with van der Waals surface area (Å²) in [7, 11) is 2.15. The molecule has 4 heteroatoms. The van der Waals surface area contributed by atoms with Crippen LogP contribution in [0.25, 0.3) is 10.9 Å². The molecule has 1 unspecified atom stereocenters. The van der Waals surface area contributed by atoms with Crippen LogP contribution in [0.15, 0.2) is 24.3 Å². The van der Waals surface area contributed by atoms with Gasteiger partial charge in [0.1, 0.15) is 5.82 Å². The second-order valence-corrected chi connectivity index (χ2v) is 5.61. The highest BCUT2D eigenvalue weighted by atomic mass is 15.2. The van der Waals surface area contributed by atoms with E-state index >= 15 is 0 Å². The van der Waals surface area contributed by atoms with Crippen LogP contribution in [0.4, 0.5) is 11.8 Å². The molecule has 0 saturated heterocycles. The third-order valence-corrected chi connectivity index (χ3v) is 4.17. The van der Waals surface area contributed by atoms with Gasteiger partial charge in [-0.05, 0) is 44.7 Å². The largest absolute Gasteiger partial charge is 0.356 e. The summed E-state index contributed by atoms with van der Waals surface area (Å²) in [6, 6.07) is 8.77. The molecule has 20 heavy (non-hydrogen) atoms. The molecule has 1 fully saturated rings. The van der Waals surface area contributed by atoms with Gasteiger partial charge in [-0.1, -0.05) is 12.1 Å². The Labute approximate surface area is 120 Å². The van der Waals surface area contributed by atoms with Gasteiger partial charge in [-0.2, -0.15) is 4.98 Å². The molecule has 1 saturated carbocycles. The molecule has 1 aromatic carbocycles. The highest BCUT2D eigenvalue weighted by Crippen LogP contribution is 2.37. The van der Waals surface area contributed by atoms with Gasteiger partial charge in [0.2, 0.25) is 5.95 Å². The van der Waals surface area contributed by atoms with E-state index in [1.165, 1.54) is 12.8 Å². The first kappa shape index (κ1) is 13.2. The molecule has 1 aliphatic carbocycles. The Bertz CT molecular complexity index is 606. The van der Waals surface area contributed by atoms with Crippen LogP contribution in [0, 0.1) is 5.92 Å². The van der Waals surface area contributed by atoms with Crippen molar-refractivity contribution in [3.63, 3.8) is 0 Å². The van der Waals surface area contributed by atoms with Gasteiger partial charge in [0, 0.05) is 25.0 Å². The van der Waals surface area contributed by atoms with Gasteiger partial charge in [-0.15, -0.1) is 0 Å². The van der Waals surface area contributed by atoms with Crippen LogP contribution in [-0.2, 0) is 0 Å². The van der Waals surface area contributed by atoms with Crippen LogP contribution in [0.5, 0.6) is 0 Å². The third kappa shape index (κ3) is 2.42. The zero-order chi connectivity index (χ0) is 14.1. The fourth-order valence-electron chi connectivity index (χ4n) is 2.65. The molecule has 1 N–H and O–H groups in total. The Kier molecular flexibility index (Phi) is 3.47. The summed E-state index contributed by atoms with van der Waals surface area (Å²) in [4.78, 5) is 11.6. The van der Waals surface area contributed by atoms with Crippen molar-refractivity contribution in [2.24, 2.45) is 5.92 Å². The first-order valence-corrected chi connectivity index (χ1v) is 7.44.